The fraction of sp³-hybridized carbons (Fsp3) is 0.385. The first-order chi connectivity index (χ1) is 7.81. The minimum absolute atomic E-state index is 0.00954. The first-order valence-electron chi connectivity index (χ1n) is 5.63. The van der Waals surface area contributed by atoms with Crippen LogP contribution < -0.4 is 16.0 Å². The standard InChI is InChI=1S/C13H20N2O/c1-3-5-10-16-12-8-6-11(7-9-12)13(4-2)15-14/h4,6-9,13,15H,2-3,5,10,14H2,1H3. The number of ether oxygens (including phenoxy) is 1. The summed E-state index contributed by atoms with van der Waals surface area (Å²) >= 11 is 0. The van der Waals surface area contributed by atoms with E-state index in [0.717, 1.165) is 30.8 Å². The van der Waals surface area contributed by atoms with Crippen molar-refractivity contribution in [2.75, 3.05) is 6.61 Å². The Hall–Kier alpha value is -1.32. The third kappa shape index (κ3) is 3.68. The second-order valence-electron chi connectivity index (χ2n) is 3.65. The minimum atomic E-state index is -0.00954. The molecule has 0 aromatic heterocycles. The Morgan fingerprint density at radius 3 is 2.62 bits per heavy atom. The van der Waals surface area contributed by atoms with Crippen molar-refractivity contribution in [3.05, 3.63) is 42.5 Å². The topological polar surface area (TPSA) is 47.3 Å². The molecule has 0 spiro atoms. The van der Waals surface area contributed by atoms with Crippen molar-refractivity contribution in [2.45, 2.75) is 25.8 Å². The molecule has 1 atom stereocenters. The number of hydrazine groups is 1. The van der Waals surface area contributed by atoms with Crippen LogP contribution >= 0.6 is 0 Å². The van der Waals surface area contributed by atoms with E-state index in [9.17, 15) is 0 Å². The zero-order chi connectivity index (χ0) is 11.8. The van der Waals surface area contributed by atoms with E-state index in [2.05, 4.69) is 18.9 Å². The molecular formula is C13H20N2O. The third-order valence-corrected chi connectivity index (χ3v) is 2.42. The Kier molecular flexibility index (Phi) is 5.61. The van der Waals surface area contributed by atoms with E-state index >= 15 is 0 Å². The summed E-state index contributed by atoms with van der Waals surface area (Å²) in [5, 5.41) is 0. The summed E-state index contributed by atoms with van der Waals surface area (Å²) in [6.07, 6.45) is 4.00. The summed E-state index contributed by atoms with van der Waals surface area (Å²) in [6, 6.07) is 7.89. The molecule has 3 N–H and O–H groups in total. The number of hydrogen-bond donors (Lipinski definition) is 2. The maximum absolute atomic E-state index is 5.57. The molecule has 0 amide bonds. The highest BCUT2D eigenvalue weighted by Gasteiger charge is 2.04. The van der Waals surface area contributed by atoms with E-state index < -0.39 is 0 Å². The van der Waals surface area contributed by atoms with Crippen molar-refractivity contribution in [2.24, 2.45) is 5.84 Å². The van der Waals surface area contributed by atoms with Crippen molar-refractivity contribution in [1.82, 2.24) is 5.43 Å². The van der Waals surface area contributed by atoms with E-state index in [4.69, 9.17) is 10.6 Å². The molecule has 0 aliphatic heterocycles. The van der Waals surface area contributed by atoms with E-state index in [0.29, 0.717) is 0 Å². The molecule has 1 rings (SSSR count). The molecule has 88 valence electrons. The predicted octanol–water partition coefficient (Wildman–Crippen LogP) is 2.56. The minimum Gasteiger partial charge on any atom is -0.494 e. The van der Waals surface area contributed by atoms with E-state index in [-0.39, 0.29) is 6.04 Å². The van der Waals surface area contributed by atoms with Gasteiger partial charge in [-0.25, -0.2) is 5.43 Å². The lowest BCUT2D eigenvalue weighted by molar-refractivity contribution is 0.309. The Balaban J connectivity index is 2.56. The molecule has 0 aliphatic carbocycles. The number of nitrogens with two attached hydrogens (primary N) is 1. The quantitative estimate of drug-likeness (QED) is 0.321. The van der Waals surface area contributed by atoms with Crippen LogP contribution in [0, 0.1) is 0 Å². The van der Waals surface area contributed by atoms with Crippen LogP contribution in [0.15, 0.2) is 36.9 Å². The molecule has 0 saturated heterocycles. The van der Waals surface area contributed by atoms with Gasteiger partial charge in [0.05, 0.1) is 12.6 Å². The normalized spacial score (nSPS) is 12.1. The van der Waals surface area contributed by atoms with Gasteiger partial charge in [-0.05, 0) is 24.1 Å². The van der Waals surface area contributed by atoms with Crippen molar-refractivity contribution >= 4 is 0 Å². The predicted molar refractivity (Wildman–Crippen MR) is 67.1 cm³/mol. The number of unbranched alkanes of at least 4 members (excludes halogenated alkanes) is 1. The highest BCUT2D eigenvalue weighted by atomic mass is 16.5. The highest BCUT2D eigenvalue weighted by Crippen LogP contribution is 2.18. The zero-order valence-corrected chi connectivity index (χ0v) is 9.78. The van der Waals surface area contributed by atoms with Gasteiger partial charge in [0.1, 0.15) is 5.75 Å². The van der Waals surface area contributed by atoms with Crippen molar-refractivity contribution < 1.29 is 4.74 Å². The summed E-state index contributed by atoms with van der Waals surface area (Å²) in [5.41, 5.74) is 3.76. The first-order valence-corrected chi connectivity index (χ1v) is 5.63. The summed E-state index contributed by atoms with van der Waals surface area (Å²) in [6.45, 7) is 6.64. The first kappa shape index (κ1) is 12.7. The maximum Gasteiger partial charge on any atom is 0.119 e. The summed E-state index contributed by atoms with van der Waals surface area (Å²) < 4.78 is 5.57. The average Bonchev–Trinajstić information content (AvgIpc) is 2.33. The van der Waals surface area contributed by atoms with Gasteiger partial charge in [-0.1, -0.05) is 31.6 Å². The Morgan fingerprint density at radius 1 is 1.44 bits per heavy atom. The Labute approximate surface area is 97.3 Å². The molecule has 0 saturated carbocycles. The fourth-order valence-electron chi connectivity index (χ4n) is 1.41. The molecular weight excluding hydrogens is 200 g/mol. The summed E-state index contributed by atoms with van der Waals surface area (Å²) in [4.78, 5) is 0. The van der Waals surface area contributed by atoms with Gasteiger partial charge >= 0.3 is 0 Å². The molecule has 1 aromatic rings. The van der Waals surface area contributed by atoms with Gasteiger partial charge in [0.15, 0.2) is 0 Å². The molecule has 0 radical (unpaired) electrons. The fourth-order valence-corrected chi connectivity index (χ4v) is 1.41. The SMILES string of the molecule is C=CC(NN)c1ccc(OCCCC)cc1. The summed E-state index contributed by atoms with van der Waals surface area (Å²) in [7, 11) is 0. The van der Waals surface area contributed by atoms with E-state index in [1.807, 2.05) is 24.3 Å². The smallest absolute Gasteiger partial charge is 0.119 e. The van der Waals surface area contributed by atoms with Crippen LogP contribution in [0.3, 0.4) is 0 Å². The average molecular weight is 220 g/mol. The maximum atomic E-state index is 5.57. The molecule has 3 nitrogen and oxygen atoms in total. The second kappa shape index (κ2) is 7.04. The van der Waals surface area contributed by atoms with Crippen LogP contribution in [0.4, 0.5) is 0 Å². The second-order valence-corrected chi connectivity index (χ2v) is 3.65. The van der Waals surface area contributed by atoms with Crippen molar-refractivity contribution in [3.63, 3.8) is 0 Å². The van der Waals surface area contributed by atoms with Gasteiger partial charge in [-0.3, -0.25) is 5.84 Å². The largest absolute Gasteiger partial charge is 0.494 e. The van der Waals surface area contributed by atoms with Gasteiger partial charge in [0, 0.05) is 0 Å². The van der Waals surface area contributed by atoms with Crippen LogP contribution in [-0.2, 0) is 0 Å². The molecule has 16 heavy (non-hydrogen) atoms. The molecule has 0 aliphatic rings. The molecule has 0 fully saturated rings. The molecule has 0 bridgehead atoms. The highest BCUT2D eigenvalue weighted by molar-refractivity contribution is 5.30. The van der Waals surface area contributed by atoms with Gasteiger partial charge < -0.3 is 4.74 Å². The van der Waals surface area contributed by atoms with Gasteiger partial charge in [0.2, 0.25) is 0 Å². The third-order valence-electron chi connectivity index (χ3n) is 2.42. The molecule has 1 aromatic carbocycles. The van der Waals surface area contributed by atoms with Crippen LogP contribution in [0.25, 0.3) is 0 Å². The van der Waals surface area contributed by atoms with Crippen molar-refractivity contribution in [1.29, 1.82) is 0 Å². The van der Waals surface area contributed by atoms with Crippen LogP contribution in [0.2, 0.25) is 0 Å². The number of hydrogen-bond acceptors (Lipinski definition) is 3. The molecule has 3 heteroatoms. The monoisotopic (exact) mass is 220 g/mol. The van der Waals surface area contributed by atoms with E-state index in [1.165, 1.54) is 0 Å². The van der Waals surface area contributed by atoms with Gasteiger partial charge in [-0.15, -0.1) is 6.58 Å². The van der Waals surface area contributed by atoms with Gasteiger partial charge in [0.25, 0.3) is 0 Å². The lowest BCUT2D eigenvalue weighted by atomic mass is 10.1. The zero-order valence-electron chi connectivity index (χ0n) is 9.78. The number of nitrogens with one attached hydrogen (secondary N) is 1. The lowest BCUT2D eigenvalue weighted by Gasteiger charge is -2.12. The Bertz CT molecular complexity index is 308. The van der Waals surface area contributed by atoms with Crippen LogP contribution in [-0.4, -0.2) is 6.61 Å². The van der Waals surface area contributed by atoms with Crippen molar-refractivity contribution in [3.8, 4) is 5.75 Å². The molecule has 1 unspecified atom stereocenters. The lowest BCUT2D eigenvalue weighted by Crippen LogP contribution is -2.26. The molecule has 0 heterocycles. The van der Waals surface area contributed by atoms with E-state index in [1.54, 1.807) is 6.08 Å². The Morgan fingerprint density at radius 2 is 2.12 bits per heavy atom. The van der Waals surface area contributed by atoms with Gasteiger partial charge in [-0.2, -0.15) is 0 Å². The summed E-state index contributed by atoms with van der Waals surface area (Å²) in [5.74, 6) is 6.30. The van der Waals surface area contributed by atoms with Crippen LogP contribution in [0.1, 0.15) is 31.4 Å². The van der Waals surface area contributed by atoms with Crippen LogP contribution in [0.5, 0.6) is 5.75 Å². The number of benzene rings is 1. The number of rotatable bonds is 7.